The number of benzene rings is 2. The average molecular weight is 425 g/mol. The van der Waals surface area contributed by atoms with E-state index in [-0.39, 0.29) is 26.2 Å². The van der Waals surface area contributed by atoms with Gasteiger partial charge in [0.25, 0.3) is 0 Å². The normalized spacial score (nSPS) is 9.42. The molecule has 0 saturated heterocycles. The van der Waals surface area contributed by atoms with Crippen molar-refractivity contribution in [2.24, 2.45) is 0 Å². The van der Waals surface area contributed by atoms with E-state index in [0.29, 0.717) is 0 Å². The van der Waals surface area contributed by atoms with Crippen LogP contribution in [0.25, 0.3) is 21.9 Å². The number of hydrogen-bond donors (Lipinski definition) is 0. The second-order valence-corrected chi connectivity index (χ2v) is 6.10. The summed E-state index contributed by atoms with van der Waals surface area (Å²) in [6.45, 7) is 13.6. The van der Waals surface area contributed by atoms with Gasteiger partial charge in [-0.15, -0.1) is 34.5 Å². The fraction of sp³-hybridized carbons (Fsp3) is 0.320. The first kappa shape index (κ1) is 24.9. The molecule has 0 aliphatic heterocycles. The molecule has 3 aromatic rings. The van der Waals surface area contributed by atoms with Crippen molar-refractivity contribution in [1.82, 2.24) is 0 Å². The van der Waals surface area contributed by atoms with Gasteiger partial charge < -0.3 is 13.8 Å². The zero-order chi connectivity index (χ0) is 18.5. The van der Waals surface area contributed by atoms with Crippen molar-refractivity contribution < 1.29 is 26.2 Å². The van der Waals surface area contributed by atoms with Crippen LogP contribution >= 0.6 is 0 Å². The average Bonchev–Trinajstić information content (AvgIpc) is 3.12. The van der Waals surface area contributed by atoms with Crippen molar-refractivity contribution >= 4 is 10.8 Å². The number of rotatable bonds is 4. The summed E-state index contributed by atoms with van der Waals surface area (Å²) in [4.78, 5) is 0. The molecule has 0 nitrogen and oxygen atoms in total. The molecule has 0 heterocycles. The Morgan fingerprint density at radius 2 is 1.38 bits per heavy atom. The minimum absolute atomic E-state index is 0. The van der Waals surface area contributed by atoms with Crippen LogP contribution in [0.5, 0.6) is 0 Å². The number of hydrogen-bond acceptors (Lipinski definition) is 0. The summed E-state index contributed by atoms with van der Waals surface area (Å²) < 4.78 is 0. The van der Waals surface area contributed by atoms with Gasteiger partial charge in [0.2, 0.25) is 0 Å². The summed E-state index contributed by atoms with van der Waals surface area (Å²) in [5, 5.41) is 2.72. The summed E-state index contributed by atoms with van der Waals surface area (Å²) in [7, 11) is 0. The molecule has 0 aliphatic rings. The molecule has 0 spiro atoms. The van der Waals surface area contributed by atoms with Gasteiger partial charge in [-0.3, -0.25) is 0 Å². The molecule has 0 atom stereocenters. The minimum Gasteiger partial charge on any atom is -0.343 e. The van der Waals surface area contributed by atoms with E-state index in [2.05, 4.69) is 95.3 Å². The molecule has 0 fully saturated rings. The first-order valence-corrected chi connectivity index (χ1v) is 9.53. The van der Waals surface area contributed by atoms with E-state index in [1.54, 1.807) is 0 Å². The molecule has 3 aromatic carbocycles. The Morgan fingerprint density at radius 3 is 1.88 bits per heavy atom. The van der Waals surface area contributed by atoms with Crippen LogP contribution in [0.15, 0.2) is 60.7 Å². The van der Waals surface area contributed by atoms with Gasteiger partial charge in [0.05, 0.1) is 0 Å². The first-order chi connectivity index (χ1) is 12.2. The van der Waals surface area contributed by atoms with E-state index in [1.165, 1.54) is 40.3 Å². The maximum atomic E-state index is 3.60. The molecule has 0 bridgehead atoms. The van der Waals surface area contributed by atoms with Crippen molar-refractivity contribution in [3.05, 3.63) is 80.1 Å². The Bertz CT molecular complexity index is 687. The van der Waals surface area contributed by atoms with Gasteiger partial charge in [0.15, 0.2) is 0 Å². The van der Waals surface area contributed by atoms with Crippen LogP contribution in [0.3, 0.4) is 0 Å². The van der Waals surface area contributed by atoms with Crippen molar-refractivity contribution in [3.63, 3.8) is 0 Å². The van der Waals surface area contributed by atoms with Crippen LogP contribution in [0.4, 0.5) is 0 Å². The molecule has 1 heteroatoms. The summed E-state index contributed by atoms with van der Waals surface area (Å²) in [5.41, 5.74) is 4.05. The quantitative estimate of drug-likeness (QED) is 0.372. The molecule has 26 heavy (non-hydrogen) atoms. The van der Waals surface area contributed by atoms with Crippen LogP contribution in [-0.4, -0.2) is 0 Å². The second kappa shape index (κ2) is 15.0. The summed E-state index contributed by atoms with van der Waals surface area (Å²) >= 11 is 0. The fourth-order valence-corrected chi connectivity index (χ4v) is 2.37. The third kappa shape index (κ3) is 8.09. The van der Waals surface area contributed by atoms with E-state index in [9.17, 15) is 0 Å². The summed E-state index contributed by atoms with van der Waals surface area (Å²) in [6.07, 6.45) is 5.66. The zero-order valence-corrected chi connectivity index (χ0v) is 19.2. The molecular weight excluding hydrogens is 391 g/mol. The topological polar surface area (TPSA) is 0 Å². The Labute approximate surface area is 180 Å². The standard InChI is InChI=1S/C17H15.2C4H9.Zr/c1-2-13-11-15-9-6-10-16(17(15)12-13)14-7-4-3-5-8-14;2*1-3-4-2;/h3-12H,2H2,1H3;2*1,3-4H2,2H3;/q3*-1;+3. The van der Waals surface area contributed by atoms with Crippen LogP contribution in [0.2, 0.25) is 0 Å². The van der Waals surface area contributed by atoms with E-state index < -0.39 is 0 Å². The smallest absolute Gasteiger partial charge is 0.343 e. The van der Waals surface area contributed by atoms with Gasteiger partial charge in [0, 0.05) is 0 Å². The van der Waals surface area contributed by atoms with E-state index in [1.807, 2.05) is 0 Å². The first-order valence-electron chi connectivity index (χ1n) is 9.53. The van der Waals surface area contributed by atoms with Gasteiger partial charge >= 0.3 is 26.2 Å². The van der Waals surface area contributed by atoms with Gasteiger partial charge in [-0.2, -0.15) is 18.9 Å². The van der Waals surface area contributed by atoms with Crippen LogP contribution in [0.1, 0.15) is 52.0 Å². The van der Waals surface area contributed by atoms with Crippen molar-refractivity contribution in [2.75, 3.05) is 0 Å². The van der Waals surface area contributed by atoms with E-state index >= 15 is 0 Å². The van der Waals surface area contributed by atoms with E-state index in [4.69, 9.17) is 0 Å². The largest absolute Gasteiger partial charge is 3.00 e. The summed E-state index contributed by atoms with van der Waals surface area (Å²) in [6, 6.07) is 21.8. The minimum atomic E-state index is 0. The Balaban J connectivity index is 0.000000596. The number of unbranched alkanes of at least 4 members (excludes halogenated alkanes) is 2. The molecule has 3 rings (SSSR count). The van der Waals surface area contributed by atoms with Crippen molar-refractivity contribution in [3.8, 4) is 11.1 Å². The van der Waals surface area contributed by atoms with Crippen LogP contribution in [-0.2, 0) is 32.6 Å². The SMILES string of the molecule is CCc1cc2c(-c3ccccc3)cccc2[cH-]1.[CH2-]CCC.[CH2-]CCC.[Zr+3]. The molecule has 0 unspecified atom stereocenters. The molecule has 137 valence electrons. The molecule has 0 aromatic heterocycles. The predicted octanol–water partition coefficient (Wildman–Crippen LogP) is 8.03. The molecule has 0 aliphatic carbocycles. The molecular formula is C25H33Zr. The third-order valence-corrected chi connectivity index (χ3v) is 4.01. The molecule has 0 N–H and O–H groups in total. The molecule has 0 saturated carbocycles. The van der Waals surface area contributed by atoms with Gasteiger partial charge in [-0.25, -0.2) is 0 Å². The third-order valence-electron chi connectivity index (χ3n) is 4.01. The van der Waals surface area contributed by atoms with Gasteiger partial charge in [-0.1, -0.05) is 75.6 Å². The van der Waals surface area contributed by atoms with Gasteiger partial charge in [-0.05, 0) is 12.0 Å². The number of fused-ring (bicyclic) bond motifs is 1. The molecule has 1 radical (unpaired) electrons. The monoisotopic (exact) mass is 423 g/mol. The Kier molecular flexibility index (Phi) is 14.4. The maximum Gasteiger partial charge on any atom is 3.00 e. The number of aryl methyl sites for hydroxylation is 1. The summed E-state index contributed by atoms with van der Waals surface area (Å²) in [5.74, 6) is 0. The van der Waals surface area contributed by atoms with Gasteiger partial charge in [0.1, 0.15) is 0 Å². The Morgan fingerprint density at radius 1 is 0.808 bits per heavy atom. The van der Waals surface area contributed by atoms with Crippen LogP contribution < -0.4 is 0 Å². The van der Waals surface area contributed by atoms with Crippen molar-refractivity contribution in [1.29, 1.82) is 0 Å². The Hall–Kier alpha value is -1.07. The maximum absolute atomic E-state index is 3.60. The zero-order valence-electron chi connectivity index (χ0n) is 16.7. The van der Waals surface area contributed by atoms with E-state index in [0.717, 1.165) is 19.3 Å². The predicted molar refractivity (Wildman–Crippen MR) is 115 cm³/mol. The van der Waals surface area contributed by atoms with Crippen molar-refractivity contribution in [2.45, 2.75) is 52.9 Å². The molecule has 0 amide bonds. The van der Waals surface area contributed by atoms with Crippen LogP contribution in [0, 0.1) is 13.8 Å². The second-order valence-electron chi connectivity index (χ2n) is 6.10. The fourth-order valence-electron chi connectivity index (χ4n) is 2.37.